The molecule has 9 aromatic rings. The van der Waals surface area contributed by atoms with Crippen LogP contribution in [0.2, 0.25) is 0 Å². The van der Waals surface area contributed by atoms with Crippen LogP contribution in [0.25, 0.3) is 0 Å². The summed E-state index contributed by atoms with van der Waals surface area (Å²) in [7, 11) is 6.88. The number of hydrogen-bond acceptors (Lipinski definition) is 18. The summed E-state index contributed by atoms with van der Waals surface area (Å²) in [6, 6.07) is 40.9. The molecule has 20 nitrogen and oxygen atoms in total. The van der Waals surface area contributed by atoms with E-state index in [4.69, 9.17) is 38.4 Å². The molecule has 3 aliphatic heterocycles. The van der Waals surface area contributed by atoms with E-state index in [9.17, 15) is 27.6 Å². The Morgan fingerprint density at radius 3 is 1.34 bits per heavy atom. The molecule has 0 bridgehead atoms. The number of rotatable bonds is 25. The number of pyridine rings is 1. The van der Waals surface area contributed by atoms with Crippen molar-refractivity contribution in [2.75, 3.05) is 83.8 Å². The molecule has 0 saturated carbocycles. The number of hydrogen-bond donors (Lipinski definition) is 3. The zero-order chi connectivity index (χ0) is 68.8. The van der Waals surface area contributed by atoms with E-state index in [1.165, 1.54) is 17.6 Å². The number of ether oxygens (including phenoxy) is 6. The SMILES string of the molecule is CN(C)C(=O)c1ccc(Oc2ccc(Nc3nc(CN(C)C(=O)c4ccc(Oc5ccc(Nc6cncc(CN(C)C(=O)c7ccc(Oc8ccc(Nc9ccc(C(F)(F)F)cn9)cc8CC8CCOCC8)cc7)n6)cc5CC5CCOCC5)cc4)ns3)cc2CC2CCOCC2)cc1. The average Bonchev–Trinajstić information content (AvgIpc) is 1.56. The molecular weight excluding hydrogens is 1290 g/mol. The van der Waals surface area contributed by atoms with Gasteiger partial charge in [-0.05, 0) is 232 Å². The van der Waals surface area contributed by atoms with E-state index in [1.807, 2.05) is 48.5 Å². The number of carbonyl (C=O) groups is 3. The van der Waals surface area contributed by atoms with Crippen molar-refractivity contribution in [3.05, 3.63) is 209 Å². The summed E-state index contributed by atoms with van der Waals surface area (Å²) in [6.07, 6.45) is 7.36. The molecule has 3 N–H and O–H groups in total. The molecule has 0 radical (unpaired) electrons. The number of anilines is 6. The molecule has 6 aromatic carbocycles. The third kappa shape index (κ3) is 18.8. The Hall–Kier alpha value is -10.0. The second-order valence-corrected chi connectivity index (χ2v) is 26.1. The summed E-state index contributed by atoms with van der Waals surface area (Å²) in [6.45, 7) is 4.53. The molecule has 6 heterocycles. The second-order valence-electron chi connectivity index (χ2n) is 25.4. The fourth-order valence-electron chi connectivity index (χ4n) is 12.2. The maximum absolute atomic E-state index is 13.9. The number of alkyl halides is 3. The lowest BCUT2D eigenvalue weighted by Gasteiger charge is -2.23. The van der Waals surface area contributed by atoms with Crippen LogP contribution in [-0.4, -0.2) is 125 Å². The molecule has 0 aliphatic carbocycles. The largest absolute Gasteiger partial charge is 0.457 e. The molecule has 12 rings (SSSR count). The van der Waals surface area contributed by atoms with Crippen molar-refractivity contribution in [3.8, 4) is 34.5 Å². The van der Waals surface area contributed by atoms with E-state index in [0.717, 1.165) is 111 Å². The molecule has 0 atom stereocenters. The lowest BCUT2D eigenvalue weighted by Crippen LogP contribution is -2.26. The van der Waals surface area contributed by atoms with Gasteiger partial charge in [0.1, 0.15) is 46.1 Å². The standard InChI is InChI=1S/C75H78F3N11O9S/c1-87(2)71(90)51-5-15-62(16-6-51)96-67-23-14-60(42-56(67)39-50-29-35-95-36-30-50)84-74-85-70(86-99-74)47-89(4)73(92)53-9-19-64(20-10-53)98-66-22-13-59(41-55(66)38-49-27-33-94-34-28-49)82-69-45-79-44-61(83-69)46-88(3)72(91)52-7-17-63(18-8-52)97-65-21-12-58(40-54(65)37-48-25-31-93-32-26-48)81-68-24-11-57(43-80-68)75(76,77)78/h5-24,40-45,48-50H,25-39,46-47H2,1-4H3,(H,80,81)(H,82,83)(H,84,85,86). The first-order chi connectivity index (χ1) is 48.0. The van der Waals surface area contributed by atoms with Crippen molar-refractivity contribution in [3.63, 3.8) is 0 Å². The molecule has 0 spiro atoms. The monoisotopic (exact) mass is 1370 g/mol. The zero-order valence-corrected chi connectivity index (χ0v) is 56.4. The third-order valence-electron chi connectivity index (χ3n) is 17.6. The Kier molecular flexibility index (Phi) is 22.4. The van der Waals surface area contributed by atoms with Crippen LogP contribution < -0.4 is 30.2 Å². The van der Waals surface area contributed by atoms with Gasteiger partial charge in [0.25, 0.3) is 17.7 Å². The Balaban J connectivity index is 0.650. The Bertz CT molecular complexity index is 4220. The van der Waals surface area contributed by atoms with Crippen LogP contribution in [0.15, 0.2) is 158 Å². The van der Waals surface area contributed by atoms with Crippen molar-refractivity contribution in [1.29, 1.82) is 0 Å². The average molecular weight is 1370 g/mol. The van der Waals surface area contributed by atoms with Crippen LogP contribution in [0.5, 0.6) is 34.5 Å². The van der Waals surface area contributed by atoms with E-state index < -0.39 is 11.7 Å². The first-order valence-corrected chi connectivity index (χ1v) is 33.9. The van der Waals surface area contributed by atoms with Gasteiger partial charge in [-0.1, -0.05) is 0 Å². The van der Waals surface area contributed by atoms with Crippen molar-refractivity contribution < 1.29 is 56.0 Å². The molecule has 3 aromatic heterocycles. The summed E-state index contributed by atoms with van der Waals surface area (Å²) >= 11 is 1.22. The lowest BCUT2D eigenvalue weighted by atomic mass is 9.92. The normalized spacial score (nSPS) is 14.6. The molecule has 24 heteroatoms. The first-order valence-electron chi connectivity index (χ1n) is 33.1. The van der Waals surface area contributed by atoms with Gasteiger partial charge in [0.05, 0.1) is 36.7 Å². The van der Waals surface area contributed by atoms with Crippen LogP contribution in [0, 0.1) is 17.8 Å². The molecule has 99 heavy (non-hydrogen) atoms. The highest BCUT2D eigenvalue weighted by Crippen LogP contribution is 2.38. The van der Waals surface area contributed by atoms with E-state index in [-0.39, 0.29) is 36.6 Å². The quantitative estimate of drug-likeness (QED) is 0.0485. The predicted octanol–water partition coefficient (Wildman–Crippen LogP) is 15.5. The van der Waals surface area contributed by atoms with Gasteiger partial charge in [-0.2, -0.15) is 17.5 Å². The number of nitrogens with zero attached hydrogens (tertiary/aromatic N) is 8. The molecule has 514 valence electrons. The maximum Gasteiger partial charge on any atom is 0.417 e. The number of benzene rings is 6. The second kappa shape index (κ2) is 32.1. The number of aromatic nitrogens is 5. The lowest BCUT2D eigenvalue weighted by molar-refractivity contribution is -0.137. The van der Waals surface area contributed by atoms with Crippen molar-refractivity contribution in [2.24, 2.45) is 17.8 Å². The van der Waals surface area contributed by atoms with Gasteiger partial charge in [-0.25, -0.2) is 15.0 Å². The maximum atomic E-state index is 13.9. The summed E-state index contributed by atoms with van der Waals surface area (Å²) < 4.78 is 80.6. The van der Waals surface area contributed by atoms with Crippen LogP contribution in [-0.2, 0) is 52.7 Å². The minimum atomic E-state index is -4.49. The minimum absolute atomic E-state index is 0.0773. The Labute approximate surface area is 577 Å². The number of nitrogens with one attached hydrogen (secondary N) is 3. The fourth-order valence-corrected chi connectivity index (χ4v) is 12.8. The topological polar surface area (TPSA) is 217 Å². The van der Waals surface area contributed by atoms with Crippen LogP contribution in [0.4, 0.5) is 47.0 Å². The zero-order valence-electron chi connectivity index (χ0n) is 55.6. The number of halogens is 3. The molecule has 0 unspecified atom stereocenters. The van der Waals surface area contributed by atoms with Gasteiger partial charge in [-0.15, -0.1) is 0 Å². The van der Waals surface area contributed by atoms with Gasteiger partial charge < -0.3 is 59.1 Å². The third-order valence-corrected chi connectivity index (χ3v) is 18.3. The molecular formula is C75H78F3N11O9S. The van der Waals surface area contributed by atoms with Crippen molar-refractivity contribution in [2.45, 2.75) is 77.1 Å². The summed E-state index contributed by atoms with van der Waals surface area (Å²) in [5.74, 6) is 5.68. The Morgan fingerprint density at radius 2 is 0.919 bits per heavy atom. The summed E-state index contributed by atoms with van der Waals surface area (Å²) in [5.41, 5.74) is 6.44. The molecule has 3 saturated heterocycles. The van der Waals surface area contributed by atoms with Crippen molar-refractivity contribution in [1.82, 2.24) is 39.0 Å². The Morgan fingerprint density at radius 1 is 0.495 bits per heavy atom. The van der Waals surface area contributed by atoms with Crippen molar-refractivity contribution >= 4 is 63.1 Å². The van der Waals surface area contributed by atoms with E-state index >= 15 is 0 Å². The van der Waals surface area contributed by atoms with E-state index in [0.29, 0.717) is 124 Å². The smallest absolute Gasteiger partial charge is 0.417 e. The highest BCUT2D eigenvalue weighted by Gasteiger charge is 2.31. The molecule has 3 amide bonds. The molecule has 3 aliphatic rings. The summed E-state index contributed by atoms with van der Waals surface area (Å²) in [5, 5.41) is 10.6. The van der Waals surface area contributed by atoms with Crippen LogP contribution in [0.1, 0.15) is 103 Å². The van der Waals surface area contributed by atoms with Gasteiger partial charge in [-0.3, -0.25) is 19.4 Å². The highest BCUT2D eigenvalue weighted by molar-refractivity contribution is 7.09. The molecule has 3 fully saturated rings. The highest BCUT2D eigenvalue weighted by atomic mass is 32.1. The number of carbonyl (C=O) groups excluding carboxylic acids is 3. The van der Waals surface area contributed by atoms with Gasteiger partial charge in [0.15, 0.2) is 5.82 Å². The van der Waals surface area contributed by atoms with E-state index in [1.54, 1.807) is 122 Å². The van der Waals surface area contributed by atoms with Gasteiger partial charge >= 0.3 is 6.18 Å². The van der Waals surface area contributed by atoms with Gasteiger partial charge in [0.2, 0.25) is 5.13 Å². The van der Waals surface area contributed by atoms with E-state index in [2.05, 4.69) is 42.4 Å². The van der Waals surface area contributed by atoms with Crippen LogP contribution in [0.3, 0.4) is 0 Å². The summed E-state index contributed by atoms with van der Waals surface area (Å²) in [4.78, 5) is 63.0. The minimum Gasteiger partial charge on any atom is -0.457 e. The predicted molar refractivity (Wildman–Crippen MR) is 371 cm³/mol. The first kappa shape index (κ1) is 68.9. The number of amides is 3. The van der Waals surface area contributed by atoms with Crippen LogP contribution >= 0.6 is 11.5 Å². The fraction of sp³-hybridized carbons (Fsp3) is 0.333. The van der Waals surface area contributed by atoms with Gasteiger partial charge in [0, 0.05) is 119 Å².